The number of amides is 1. The molecule has 0 saturated heterocycles. The van der Waals surface area contributed by atoms with E-state index in [9.17, 15) is 14.3 Å². The van der Waals surface area contributed by atoms with Gasteiger partial charge < -0.3 is 20.5 Å². The van der Waals surface area contributed by atoms with Gasteiger partial charge in [0.15, 0.2) is 0 Å². The fourth-order valence-corrected chi connectivity index (χ4v) is 3.35. The fourth-order valence-electron chi connectivity index (χ4n) is 3.35. The molecule has 0 unspecified atom stereocenters. The minimum Gasteiger partial charge on any atom is -0.508 e. The van der Waals surface area contributed by atoms with Crippen LogP contribution in [0.3, 0.4) is 0 Å². The van der Waals surface area contributed by atoms with E-state index in [0.29, 0.717) is 35.6 Å². The first-order chi connectivity index (χ1) is 15.5. The molecule has 0 fully saturated rings. The molecule has 3 rings (SSSR count). The van der Waals surface area contributed by atoms with E-state index in [-0.39, 0.29) is 17.5 Å². The minimum atomic E-state index is -0.336. The zero-order valence-corrected chi connectivity index (χ0v) is 18.2. The van der Waals surface area contributed by atoms with Gasteiger partial charge in [0.1, 0.15) is 23.9 Å². The Bertz CT molecular complexity index is 1060. The molecule has 0 aliphatic carbocycles. The Morgan fingerprint density at radius 2 is 1.56 bits per heavy atom. The number of hydrogen-bond donors (Lipinski definition) is 3. The van der Waals surface area contributed by atoms with Crippen LogP contribution in [0.5, 0.6) is 11.5 Å². The standard InChI is InChI=1S/C26H27FN2O3/c1-3-24(18-4-8-20(27)9-5-18)25(19-6-12-22(30)13-7-19)26(31)29-21-10-14-23(15-11-21)32-17-16-28-2/h4-15,28,30H,3,16-17H2,1-2H3,(H,29,31)/b25-24+. The van der Waals surface area contributed by atoms with Gasteiger partial charge in [-0.05, 0) is 78.7 Å². The van der Waals surface area contributed by atoms with Crippen LogP contribution in [-0.4, -0.2) is 31.2 Å². The van der Waals surface area contributed by atoms with Crippen molar-refractivity contribution >= 4 is 22.7 Å². The number of carbonyl (C=O) groups is 1. The second-order valence-corrected chi connectivity index (χ2v) is 7.19. The number of halogens is 1. The quantitative estimate of drug-likeness (QED) is 0.249. The van der Waals surface area contributed by atoms with E-state index in [1.54, 1.807) is 48.5 Å². The number of likely N-dealkylation sites (N-methyl/N-ethyl adjacent to an activating group) is 1. The lowest BCUT2D eigenvalue weighted by Gasteiger charge is -2.16. The molecular formula is C26H27FN2O3. The molecule has 0 saturated carbocycles. The van der Waals surface area contributed by atoms with Gasteiger partial charge >= 0.3 is 0 Å². The van der Waals surface area contributed by atoms with E-state index in [1.807, 2.05) is 14.0 Å². The first-order valence-electron chi connectivity index (χ1n) is 10.5. The van der Waals surface area contributed by atoms with Crippen molar-refractivity contribution in [2.75, 3.05) is 25.5 Å². The Kier molecular flexibility index (Phi) is 8.00. The summed E-state index contributed by atoms with van der Waals surface area (Å²) in [5.74, 6) is 0.202. The average molecular weight is 435 g/mol. The summed E-state index contributed by atoms with van der Waals surface area (Å²) in [5.41, 5.74) is 3.30. The first kappa shape index (κ1) is 23.0. The number of benzene rings is 3. The summed E-state index contributed by atoms with van der Waals surface area (Å²) in [7, 11) is 1.86. The summed E-state index contributed by atoms with van der Waals surface area (Å²) < 4.78 is 19.1. The molecule has 1 amide bonds. The van der Waals surface area contributed by atoms with Gasteiger partial charge in [-0.2, -0.15) is 0 Å². The molecule has 0 aliphatic heterocycles. The molecule has 0 spiro atoms. The van der Waals surface area contributed by atoms with E-state index in [2.05, 4.69) is 10.6 Å². The third-order valence-electron chi connectivity index (χ3n) is 4.96. The van der Waals surface area contributed by atoms with Crippen molar-refractivity contribution in [3.8, 4) is 11.5 Å². The van der Waals surface area contributed by atoms with Crippen LogP contribution in [0.4, 0.5) is 10.1 Å². The van der Waals surface area contributed by atoms with Crippen molar-refractivity contribution in [1.29, 1.82) is 0 Å². The van der Waals surface area contributed by atoms with Crippen LogP contribution in [0.2, 0.25) is 0 Å². The normalized spacial score (nSPS) is 11.6. The van der Waals surface area contributed by atoms with Crippen molar-refractivity contribution in [1.82, 2.24) is 5.32 Å². The highest BCUT2D eigenvalue weighted by Crippen LogP contribution is 2.31. The van der Waals surface area contributed by atoms with Gasteiger partial charge in [0, 0.05) is 12.2 Å². The molecule has 0 radical (unpaired) electrons. The number of hydrogen-bond acceptors (Lipinski definition) is 4. The van der Waals surface area contributed by atoms with Crippen LogP contribution in [0.1, 0.15) is 24.5 Å². The number of carbonyl (C=O) groups excluding carboxylic acids is 1. The van der Waals surface area contributed by atoms with Gasteiger partial charge in [-0.1, -0.05) is 31.2 Å². The van der Waals surface area contributed by atoms with Crippen LogP contribution >= 0.6 is 0 Å². The highest BCUT2D eigenvalue weighted by Gasteiger charge is 2.19. The zero-order chi connectivity index (χ0) is 22.9. The van der Waals surface area contributed by atoms with Crippen LogP contribution in [-0.2, 0) is 4.79 Å². The summed E-state index contributed by atoms with van der Waals surface area (Å²) in [6, 6.07) is 19.7. The van der Waals surface area contributed by atoms with E-state index in [1.165, 1.54) is 24.3 Å². The predicted octanol–water partition coefficient (Wildman–Crippen LogP) is 5.09. The largest absolute Gasteiger partial charge is 0.508 e. The second kappa shape index (κ2) is 11.1. The van der Waals surface area contributed by atoms with E-state index in [4.69, 9.17) is 4.74 Å². The predicted molar refractivity (Wildman–Crippen MR) is 126 cm³/mol. The molecule has 0 heterocycles. The molecule has 166 valence electrons. The molecule has 3 aromatic rings. The summed E-state index contributed by atoms with van der Waals surface area (Å²) in [6.07, 6.45) is 0.563. The monoisotopic (exact) mass is 434 g/mol. The highest BCUT2D eigenvalue weighted by atomic mass is 19.1. The summed E-state index contributed by atoms with van der Waals surface area (Å²) in [6.45, 7) is 3.24. The van der Waals surface area contributed by atoms with Crippen LogP contribution in [0.25, 0.3) is 11.1 Å². The summed E-state index contributed by atoms with van der Waals surface area (Å²) >= 11 is 0. The Hall–Kier alpha value is -3.64. The first-order valence-corrected chi connectivity index (χ1v) is 10.5. The van der Waals surface area contributed by atoms with Gasteiger partial charge in [0.05, 0.1) is 5.57 Å². The topological polar surface area (TPSA) is 70.6 Å². The number of anilines is 1. The van der Waals surface area contributed by atoms with Gasteiger partial charge in [-0.15, -0.1) is 0 Å². The summed E-state index contributed by atoms with van der Waals surface area (Å²) in [4.78, 5) is 13.4. The maximum absolute atomic E-state index is 13.5. The molecule has 0 aromatic heterocycles. The number of phenolic OH excluding ortho intramolecular Hbond substituents is 1. The third-order valence-corrected chi connectivity index (χ3v) is 4.96. The number of rotatable bonds is 9. The lowest BCUT2D eigenvalue weighted by molar-refractivity contribution is -0.111. The lowest BCUT2D eigenvalue weighted by Crippen LogP contribution is -2.16. The van der Waals surface area contributed by atoms with E-state index < -0.39 is 0 Å². The van der Waals surface area contributed by atoms with Gasteiger partial charge in [-0.3, -0.25) is 4.79 Å². The highest BCUT2D eigenvalue weighted by molar-refractivity contribution is 6.31. The number of ether oxygens (including phenoxy) is 1. The fraction of sp³-hybridized carbons (Fsp3) is 0.192. The van der Waals surface area contributed by atoms with E-state index >= 15 is 0 Å². The molecule has 0 bridgehead atoms. The lowest BCUT2D eigenvalue weighted by atomic mass is 9.92. The number of allylic oxidation sites excluding steroid dienone is 1. The maximum Gasteiger partial charge on any atom is 0.256 e. The number of nitrogens with one attached hydrogen (secondary N) is 2. The van der Waals surface area contributed by atoms with Gasteiger partial charge in [0.25, 0.3) is 5.91 Å². The zero-order valence-electron chi connectivity index (χ0n) is 18.2. The van der Waals surface area contributed by atoms with Gasteiger partial charge in [0.2, 0.25) is 0 Å². The molecule has 0 atom stereocenters. The molecule has 5 nitrogen and oxygen atoms in total. The Morgan fingerprint density at radius 1 is 0.938 bits per heavy atom. The Labute approximate surface area is 187 Å². The molecule has 3 N–H and O–H groups in total. The smallest absolute Gasteiger partial charge is 0.256 e. The number of aromatic hydroxyl groups is 1. The van der Waals surface area contributed by atoms with Crippen LogP contribution in [0, 0.1) is 5.82 Å². The van der Waals surface area contributed by atoms with Crippen molar-refractivity contribution < 1.29 is 19.0 Å². The average Bonchev–Trinajstić information content (AvgIpc) is 2.80. The van der Waals surface area contributed by atoms with Crippen molar-refractivity contribution in [2.24, 2.45) is 0 Å². The second-order valence-electron chi connectivity index (χ2n) is 7.19. The minimum absolute atomic E-state index is 0.113. The third kappa shape index (κ3) is 5.95. The van der Waals surface area contributed by atoms with Crippen LogP contribution < -0.4 is 15.4 Å². The Morgan fingerprint density at radius 3 is 2.16 bits per heavy atom. The van der Waals surface area contributed by atoms with Crippen molar-refractivity contribution in [3.63, 3.8) is 0 Å². The summed E-state index contributed by atoms with van der Waals surface area (Å²) in [5, 5.41) is 15.6. The van der Waals surface area contributed by atoms with Gasteiger partial charge in [-0.25, -0.2) is 4.39 Å². The molecule has 0 aliphatic rings. The van der Waals surface area contributed by atoms with Crippen molar-refractivity contribution in [3.05, 3.63) is 89.7 Å². The molecule has 32 heavy (non-hydrogen) atoms. The molecule has 6 heteroatoms. The molecule has 3 aromatic carbocycles. The maximum atomic E-state index is 13.5. The molecular weight excluding hydrogens is 407 g/mol. The Balaban J connectivity index is 1.93. The number of phenols is 1. The van der Waals surface area contributed by atoms with Crippen LogP contribution in [0.15, 0.2) is 72.8 Å². The van der Waals surface area contributed by atoms with E-state index in [0.717, 1.165) is 17.7 Å². The van der Waals surface area contributed by atoms with Crippen molar-refractivity contribution in [2.45, 2.75) is 13.3 Å². The SMILES string of the molecule is CC/C(=C(\C(=O)Nc1ccc(OCCNC)cc1)c1ccc(O)cc1)c1ccc(F)cc1.